The molecule has 1 amide bonds. The molecule has 0 bridgehead atoms. The Morgan fingerprint density at radius 3 is 2.28 bits per heavy atom. The summed E-state index contributed by atoms with van der Waals surface area (Å²) in [5.74, 6) is 0. The molecule has 1 aliphatic heterocycles. The SMILES string of the molecule is CC(C)(C)OC(N)=O.O=[N+]([O-])c1c(N2CCCCC2)cc(Cl)nc1Cl. The zero-order valence-corrected chi connectivity index (χ0v) is 15.9. The van der Waals surface area contributed by atoms with Crippen LogP contribution in [0.3, 0.4) is 0 Å². The molecule has 0 aliphatic carbocycles. The molecule has 1 aromatic rings. The molecule has 25 heavy (non-hydrogen) atoms. The van der Waals surface area contributed by atoms with Crippen LogP contribution in [0.15, 0.2) is 6.07 Å². The summed E-state index contributed by atoms with van der Waals surface area (Å²) in [7, 11) is 0. The number of nitrogens with zero attached hydrogens (tertiary/aromatic N) is 3. The smallest absolute Gasteiger partial charge is 0.405 e. The summed E-state index contributed by atoms with van der Waals surface area (Å²) in [4.78, 5) is 26.2. The standard InChI is InChI=1S/C10H11Cl2N3O2.C5H11NO2/c11-8-6-7(14-4-2-1-3-5-14)9(15(16)17)10(12)13-8;1-5(2,3)8-4(6)7/h6H,1-5H2;1-3H3,(H2,6,7). The van der Waals surface area contributed by atoms with E-state index in [0.717, 1.165) is 32.4 Å². The molecule has 0 saturated carbocycles. The molecule has 140 valence electrons. The lowest BCUT2D eigenvalue weighted by atomic mass is 10.1. The molecule has 1 saturated heterocycles. The van der Waals surface area contributed by atoms with Crippen molar-refractivity contribution in [1.29, 1.82) is 0 Å². The molecule has 0 unspecified atom stereocenters. The third-order valence-electron chi connectivity index (χ3n) is 3.18. The van der Waals surface area contributed by atoms with Crippen LogP contribution in [0.2, 0.25) is 10.3 Å². The van der Waals surface area contributed by atoms with Crippen molar-refractivity contribution < 1.29 is 14.5 Å². The summed E-state index contributed by atoms with van der Waals surface area (Å²) in [6.45, 7) is 6.86. The first kappa shape index (κ1) is 21.2. The number of hydrogen-bond acceptors (Lipinski definition) is 6. The maximum Gasteiger partial charge on any atom is 0.405 e. The van der Waals surface area contributed by atoms with E-state index in [1.54, 1.807) is 20.8 Å². The first-order valence-corrected chi connectivity index (χ1v) is 8.50. The van der Waals surface area contributed by atoms with Crippen molar-refractivity contribution >= 4 is 40.7 Å². The van der Waals surface area contributed by atoms with Crippen LogP contribution in [0, 0.1) is 10.1 Å². The van der Waals surface area contributed by atoms with Crippen molar-refractivity contribution in [2.45, 2.75) is 45.6 Å². The van der Waals surface area contributed by atoms with Gasteiger partial charge in [0, 0.05) is 19.2 Å². The molecule has 10 heteroatoms. The van der Waals surface area contributed by atoms with E-state index in [1.165, 1.54) is 6.07 Å². The zero-order chi connectivity index (χ0) is 19.2. The van der Waals surface area contributed by atoms with Crippen LogP contribution in [0.4, 0.5) is 16.2 Å². The molecule has 0 aromatic carbocycles. The van der Waals surface area contributed by atoms with Crippen LogP contribution < -0.4 is 10.6 Å². The summed E-state index contributed by atoms with van der Waals surface area (Å²) in [5.41, 5.74) is 4.58. The highest BCUT2D eigenvalue weighted by atomic mass is 35.5. The number of pyridine rings is 1. The Bertz CT molecular complexity index is 629. The number of nitrogens with two attached hydrogens (primary N) is 1. The Balaban J connectivity index is 0.000000333. The summed E-state index contributed by atoms with van der Waals surface area (Å²) >= 11 is 11.6. The van der Waals surface area contributed by atoms with E-state index in [9.17, 15) is 14.9 Å². The fourth-order valence-corrected chi connectivity index (χ4v) is 2.80. The molecule has 1 aromatic heterocycles. The molecular formula is C15H22Cl2N4O4. The number of amides is 1. The molecule has 1 fully saturated rings. The molecule has 2 heterocycles. The number of aromatic nitrogens is 1. The minimum atomic E-state index is -0.725. The van der Waals surface area contributed by atoms with Crippen LogP contribution in [-0.4, -0.2) is 34.7 Å². The first-order valence-electron chi connectivity index (χ1n) is 7.75. The molecule has 1 aliphatic rings. The summed E-state index contributed by atoms with van der Waals surface area (Å²) < 4.78 is 4.58. The van der Waals surface area contributed by atoms with Crippen LogP contribution in [0.25, 0.3) is 0 Å². The molecule has 2 N–H and O–H groups in total. The van der Waals surface area contributed by atoms with E-state index in [2.05, 4.69) is 9.72 Å². The lowest BCUT2D eigenvalue weighted by Crippen LogP contribution is -2.30. The molecule has 0 spiro atoms. The quantitative estimate of drug-likeness (QED) is 0.459. The van der Waals surface area contributed by atoms with E-state index in [4.69, 9.17) is 28.9 Å². The molecule has 0 atom stereocenters. The number of primary amides is 1. The molecule has 2 rings (SSSR count). The fourth-order valence-electron chi connectivity index (χ4n) is 2.31. The van der Waals surface area contributed by atoms with Gasteiger partial charge in [0.15, 0.2) is 0 Å². The lowest BCUT2D eigenvalue weighted by Gasteiger charge is -2.28. The Morgan fingerprint density at radius 2 is 1.88 bits per heavy atom. The Kier molecular flexibility index (Phi) is 7.69. The normalized spacial score (nSPS) is 14.4. The van der Waals surface area contributed by atoms with Gasteiger partial charge in [0.25, 0.3) is 0 Å². The Hall–Kier alpha value is -1.80. The van der Waals surface area contributed by atoms with E-state index >= 15 is 0 Å². The fraction of sp³-hybridized carbons (Fsp3) is 0.600. The van der Waals surface area contributed by atoms with Crippen LogP contribution >= 0.6 is 23.2 Å². The Labute approximate surface area is 156 Å². The third kappa shape index (κ3) is 7.31. The van der Waals surface area contributed by atoms with Gasteiger partial charge in [-0.3, -0.25) is 10.1 Å². The summed E-state index contributed by atoms with van der Waals surface area (Å²) in [5, 5.41) is 11.0. The number of anilines is 1. The highest BCUT2D eigenvalue weighted by Crippen LogP contribution is 2.36. The number of carbonyl (C=O) groups excluding carboxylic acids is 1. The number of nitro groups is 1. The van der Waals surface area contributed by atoms with Crippen molar-refractivity contribution in [3.05, 3.63) is 26.5 Å². The Morgan fingerprint density at radius 1 is 1.32 bits per heavy atom. The van der Waals surface area contributed by atoms with Gasteiger partial charge in [-0.25, -0.2) is 9.78 Å². The van der Waals surface area contributed by atoms with E-state index in [1.807, 2.05) is 4.90 Å². The van der Waals surface area contributed by atoms with Gasteiger partial charge in [0.05, 0.1) is 4.92 Å². The van der Waals surface area contributed by atoms with Crippen LogP contribution in [0.1, 0.15) is 40.0 Å². The number of piperidine rings is 1. The van der Waals surface area contributed by atoms with Crippen molar-refractivity contribution in [2.24, 2.45) is 5.73 Å². The lowest BCUT2D eigenvalue weighted by molar-refractivity contribution is -0.384. The second-order valence-electron chi connectivity index (χ2n) is 6.44. The van der Waals surface area contributed by atoms with Gasteiger partial charge in [-0.15, -0.1) is 0 Å². The van der Waals surface area contributed by atoms with Crippen molar-refractivity contribution in [2.75, 3.05) is 18.0 Å². The monoisotopic (exact) mass is 392 g/mol. The summed E-state index contributed by atoms with van der Waals surface area (Å²) in [6, 6.07) is 1.51. The maximum absolute atomic E-state index is 11.0. The predicted octanol–water partition coefficient (Wildman–Crippen LogP) is 4.17. The van der Waals surface area contributed by atoms with Gasteiger partial charge in [0.2, 0.25) is 5.15 Å². The number of halogens is 2. The first-order chi connectivity index (χ1) is 11.5. The average Bonchev–Trinajstić information content (AvgIpc) is 2.44. The molecular weight excluding hydrogens is 371 g/mol. The van der Waals surface area contributed by atoms with Gasteiger partial charge in [-0.1, -0.05) is 23.2 Å². The van der Waals surface area contributed by atoms with Gasteiger partial charge >= 0.3 is 11.8 Å². The van der Waals surface area contributed by atoms with Gasteiger partial charge in [-0.05, 0) is 40.0 Å². The van der Waals surface area contributed by atoms with E-state index < -0.39 is 16.6 Å². The second kappa shape index (κ2) is 9.05. The number of hydrogen-bond donors (Lipinski definition) is 1. The molecule has 8 nitrogen and oxygen atoms in total. The van der Waals surface area contributed by atoms with Gasteiger partial charge in [-0.2, -0.15) is 0 Å². The van der Waals surface area contributed by atoms with E-state index in [0.29, 0.717) is 5.69 Å². The minimum Gasteiger partial charge on any atom is -0.444 e. The largest absolute Gasteiger partial charge is 0.444 e. The zero-order valence-electron chi connectivity index (χ0n) is 14.4. The topological polar surface area (TPSA) is 112 Å². The van der Waals surface area contributed by atoms with Gasteiger partial charge < -0.3 is 15.4 Å². The third-order valence-corrected chi connectivity index (χ3v) is 3.64. The number of ether oxygens (including phenoxy) is 1. The summed E-state index contributed by atoms with van der Waals surface area (Å²) in [6.07, 6.45) is 2.47. The average molecular weight is 393 g/mol. The predicted molar refractivity (Wildman–Crippen MR) is 97.4 cm³/mol. The highest BCUT2D eigenvalue weighted by molar-refractivity contribution is 6.34. The van der Waals surface area contributed by atoms with Gasteiger partial charge in [0.1, 0.15) is 16.4 Å². The molecule has 0 radical (unpaired) electrons. The maximum atomic E-state index is 11.0. The van der Waals surface area contributed by atoms with Crippen LogP contribution in [-0.2, 0) is 4.74 Å². The van der Waals surface area contributed by atoms with Crippen molar-refractivity contribution in [3.8, 4) is 0 Å². The highest BCUT2D eigenvalue weighted by Gasteiger charge is 2.26. The van der Waals surface area contributed by atoms with Crippen molar-refractivity contribution in [1.82, 2.24) is 4.98 Å². The number of carbonyl (C=O) groups is 1. The van der Waals surface area contributed by atoms with Crippen LogP contribution in [0.5, 0.6) is 0 Å². The minimum absolute atomic E-state index is 0.150. The van der Waals surface area contributed by atoms with Crippen molar-refractivity contribution in [3.63, 3.8) is 0 Å². The number of rotatable bonds is 2. The second-order valence-corrected chi connectivity index (χ2v) is 7.19. The van der Waals surface area contributed by atoms with E-state index in [-0.39, 0.29) is 16.0 Å².